The maximum absolute atomic E-state index is 10.6. The lowest BCUT2D eigenvalue weighted by Gasteiger charge is -1.99. The normalized spacial score (nSPS) is 11.8. The fourth-order valence-corrected chi connectivity index (χ4v) is 3.42. The first-order chi connectivity index (χ1) is 14.2. The van der Waals surface area contributed by atoms with Crippen LogP contribution >= 0.6 is 0 Å². The fraction of sp³-hybridized carbons (Fsp3) is 0.654. The first kappa shape index (κ1) is 25.3. The number of aryl methyl sites for hydroxylation is 1. The minimum absolute atomic E-state index is 0.0360. The van der Waals surface area contributed by atoms with Crippen LogP contribution in [-0.2, 0) is 17.6 Å². The van der Waals surface area contributed by atoms with E-state index >= 15 is 0 Å². The zero-order valence-corrected chi connectivity index (χ0v) is 18.5. The second-order valence-corrected chi connectivity index (χ2v) is 7.97. The van der Waals surface area contributed by atoms with Crippen molar-refractivity contribution in [2.24, 2.45) is 0 Å². The molecule has 0 amide bonds. The summed E-state index contributed by atoms with van der Waals surface area (Å²) in [6.07, 6.45) is 28.1. The van der Waals surface area contributed by atoms with Crippen molar-refractivity contribution in [3.8, 4) is 0 Å². The van der Waals surface area contributed by atoms with Crippen LogP contribution in [0, 0.1) is 0 Å². The van der Waals surface area contributed by atoms with Gasteiger partial charge in [-0.05, 0) is 57.1 Å². The predicted octanol–water partition coefficient (Wildman–Crippen LogP) is 8.04. The molecule has 1 aromatic rings. The molecule has 1 N–H and O–H groups in total. The van der Waals surface area contributed by atoms with Crippen LogP contribution in [0.4, 0.5) is 0 Å². The fourth-order valence-electron chi connectivity index (χ4n) is 3.42. The Kier molecular flexibility index (Phi) is 15.9. The van der Waals surface area contributed by atoms with E-state index in [1.165, 1.54) is 77.0 Å². The molecule has 0 aromatic carbocycles. The maximum atomic E-state index is 10.6. The molecule has 0 aliphatic rings. The van der Waals surface area contributed by atoms with E-state index < -0.39 is 5.97 Å². The molecule has 0 saturated carbocycles. The Morgan fingerprint density at radius 3 is 1.79 bits per heavy atom. The minimum atomic E-state index is -0.851. The Hall–Kier alpha value is -1.77. The molecule has 0 unspecified atom stereocenters. The summed E-state index contributed by atoms with van der Waals surface area (Å²) in [6, 6.07) is 3.65. The number of carboxylic acids is 1. The summed E-state index contributed by atoms with van der Waals surface area (Å²) < 4.78 is 5.51. The SMILES string of the molecule is CCCCCCC=CCCCCCCCCC=CCCc1ccc(CC(=O)O)o1. The summed E-state index contributed by atoms with van der Waals surface area (Å²) in [4.78, 5) is 10.6. The summed E-state index contributed by atoms with van der Waals surface area (Å²) in [5, 5.41) is 8.74. The van der Waals surface area contributed by atoms with Gasteiger partial charge in [-0.25, -0.2) is 0 Å². The van der Waals surface area contributed by atoms with Crippen LogP contribution in [0.3, 0.4) is 0 Å². The van der Waals surface area contributed by atoms with Gasteiger partial charge in [-0.1, -0.05) is 76.2 Å². The van der Waals surface area contributed by atoms with Crippen molar-refractivity contribution in [3.05, 3.63) is 48.0 Å². The standard InChI is InChI=1S/C26H42O3/c1-2-3-4-5-6-7-8-9-10-11-12-13-14-15-16-17-18-19-20-24-21-22-25(29-24)23-26(27)28/h7-8,17-18,21-22H,2-6,9-16,19-20,23H2,1H3,(H,27,28). The van der Waals surface area contributed by atoms with Crippen LogP contribution < -0.4 is 0 Å². The van der Waals surface area contributed by atoms with Crippen molar-refractivity contribution < 1.29 is 14.3 Å². The molecule has 0 aliphatic carbocycles. The highest BCUT2D eigenvalue weighted by molar-refractivity contribution is 5.69. The molecule has 0 aliphatic heterocycles. The van der Waals surface area contributed by atoms with Crippen molar-refractivity contribution in [2.75, 3.05) is 0 Å². The second-order valence-electron chi connectivity index (χ2n) is 7.97. The van der Waals surface area contributed by atoms with E-state index in [0.717, 1.165) is 25.0 Å². The highest BCUT2D eigenvalue weighted by Crippen LogP contribution is 2.12. The molecule has 0 saturated heterocycles. The van der Waals surface area contributed by atoms with E-state index in [9.17, 15) is 4.79 Å². The molecule has 3 heteroatoms. The van der Waals surface area contributed by atoms with Gasteiger partial charge < -0.3 is 9.52 Å². The average Bonchev–Trinajstić information content (AvgIpc) is 3.13. The molecule has 1 rings (SSSR count). The van der Waals surface area contributed by atoms with Gasteiger partial charge in [0, 0.05) is 6.42 Å². The van der Waals surface area contributed by atoms with Gasteiger partial charge in [0.1, 0.15) is 17.9 Å². The van der Waals surface area contributed by atoms with E-state index in [4.69, 9.17) is 9.52 Å². The molecule has 29 heavy (non-hydrogen) atoms. The van der Waals surface area contributed by atoms with Gasteiger partial charge in [0.2, 0.25) is 0 Å². The largest absolute Gasteiger partial charge is 0.481 e. The Morgan fingerprint density at radius 1 is 0.759 bits per heavy atom. The van der Waals surface area contributed by atoms with Crippen LogP contribution in [0.2, 0.25) is 0 Å². The van der Waals surface area contributed by atoms with Crippen LogP contribution in [0.5, 0.6) is 0 Å². The minimum Gasteiger partial charge on any atom is -0.481 e. The number of furan rings is 1. The van der Waals surface area contributed by atoms with Crippen LogP contribution in [0.1, 0.15) is 108 Å². The van der Waals surface area contributed by atoms with E-state index in [1.807, 2.05) is 6.07 Å². The second kappa shape index (κ2) is 18.3. The zero-order chi connectivity index (χ0) is 21.0. The lowest BCUT2D eigenvalue weighted by atomic mass is 10.1. The lowest BCUT2D eigenvalue weighted by molar-refractivity contribution is -0.136. The third-order valence-corrected chi connectivity index (χ3v) is 5.15. The van der Waals surface area contributed by atoms with Gasteiger partial charge in [-0.3, -0.25) is 4.79 Å². The molecule has 0 atom stereocenters. The smallest absolute Gasteiger partial charge is 0.311 e. The number of hydrogen-bond acceptors (Lipinski definition) is 2. The molecule has 1 heterocycles. The van der Waals surface area contributed by atoms with Crippen LogP contribution in [-0.4, -0.2) is 11.1 Å². The molecule has 0 spiro atoms. The number of allylic oxidation sites excluding steroid dienone is 4. The molecule has 1 aromatic heterocycles. The van der Waals surface area contributed by atoms with Crippen molar-refractivity contribution in [1.29, 1.82) is 0 Å². The van der Waals surface area contributed by atoms with Crippen molar-refractivity contribution in [3.63, 3.8) is 0 Å². The molecule has 0 fully saturated rings. The van der Waals surface area contributed by atoms with Gasteiger partial charge in [0.05, 0.1) is 0 Å². The monoisotopic (exact) mass is 402 g/mol. The quantitative estimate of drug-likeness (QED) is 0.188. The Labute approximate surface area is 178 Å². The zero-order valence-electron chi connectivity index (χ0n) is 18.5. The average molecular weight is 403 g/mol. The van der Waals surface area contributed by atoms with Crippen LogP contribution in [0.25, 0.3) is 0 Å². The molecular formula is C26H42O3. The Balaban J connectivity index is 1.85. The van der Waals surface area contributed by atoms with Crippen LogP contribution in [0.15, 0.2) is 40.9 Å². The van der Waals surface area contributed by atoms with E-state index in [2.05, 4.69) is 31.2 Å². The number of rotatable bonds is 19. The Bertz CT molecular complexity index is 568. The molecular weight excluding hydrogens is 360 g/mol. The Morgan fingerprint density at radius 2 is 1.24 bits per heavy atom. The summed E-state index contributed by atoms with van der Waals surface area (Å²) >= 11 is 0. The van der Waals surface area contributed by atoms with Crippen molar-refractivity contribution >= 4 is 5.97 Å². The van der Waals surface area contributed by atoms with Crippen molar-refractivity contribution in [1.82, 2.24) is 0 Å². The third-order valence-electron chi connectivity index (χ3n) is 5.15. The molecule has 0 bridgehead atoms. The van der Waals surface area contributed by atoms with Crippen molar-refractivity contribution in [2.45, 2.75) is 110 Å². The predicted molar refractivity (Wildman–Crippen MR) is 122 cm³/mol. The van der Waals surface area contributed by atoms with E-state index in [-0.39, 0.29) is 6.42 Å². The third kappa shape index (κ3) is 15.8. The number of unbranched alkanes of at least 4 members (excludes halogenated alkanes) is 11. The summed E-state index contributed by atoms with van der Waals surface area (Å²) in [5.41, 5.74) is 0. The maximum Gasteiger partial charge on any atom is 0.311 e. The highest BCUT2D eigenvalue weighted by Gasteiger charge is 2.05. The number of carboxylic acid groups (broad SMARTS) is 1. The lowest BCUT2D eigenvalue weighted by Crippen LogP contribution is -1.97. The number of aliphatic carboxylic acids is 1. The number of carbonyl (C=O) groups is 1. The topological polar surface area (TPSA) is 50.4 Å². The van der Waals surface area contributed by atoms with E-state index in [0.29, 0.717) is 5.76 Å². The summed E-state index contributed by atoms with van der Waals surface area (Å²) in [7, 11) is 0. The first-order valence-corrected chi connectivity index (χ1v) is 11.8. The molecule has 0 radical (unpaired) electrons. The summed E-state index contributed by atoms with van der Waals surface area (Å²) in [5.74, 6) is 0.558. The van der Waals surface area contributed by atoms with Gasteiger partial charge in [-0.15, -0.1) is 0 Å². The van der Waals surface area contributed by atoms with Gasteiger partial charge >= 0.3 is 5.97 Å². The highest BCUT2D eigenvalue weighted by atomic mass is 16.4. The molecule has 164 valence electrons. The van der Waals surface area contributed by atoms with Gasteiger partial charge in [0.15, 0.2) is 0 Å². The first-order valence-electron chi connectivity index (χ1n) is 11.8. The molecule has 3 nitrogen and oxygen atoms in total. The van der Waals surface area contributed by atoms with Gasteiger partial charge in [0.25, 0.3) is 0 Å². The number of hydrogen-bond donors (Lipinski definition) is 1. The van der Waals surface area contributed by atoms with E-state index in [1.54, 1.807) is 6.07 Å². The summed E-state index contributed by atoms with van der Waals surface area (Å²) in [6.45, 7) is 2.26. The van der Waals surface area contributed by atoms with Gasteiger partial charge in [-0.2, -0.15) is 0 Å².